The number of carbonyl (C=O) groups excluding carboxylic acids is 1. The number of hydrogen-bond donors (Lipinski definition) is 7. The van der Waals surface area contributed by atoms with Crippen LogP contribution in [0.15, 0.2) is 0 Å². The van der Waals surface area contributed by atoms with Gasteiger partial charge in [-0.25, -0.2) is 4.79 Å². The summed E-state index contributed by atoms with van der Waals surface area (Å²) in [6, 6.07) is -0.917. The molecule has 0 aromatic rings. The summed E-state index contributed by atoms with van der Waals surface area (Å²) in [5.74, 6) is 0.128. The van der Waals surface area contributed by atoms with Gasteiger partial charge in [-0.15, -0.1) is 11.6 Å². The molecule has 5 atom stereocenters. The first kappa shape index (κ1) is 16.4. The molecule has 0 aliphatic carbocycles. The van der Waals surface area contributed by atoms with Crippen molar-refractivity contribution in [3.63, 3.8) is 0 Å². The SMILES string of the molecule is O=C(NCCCl)N[C@]1(O)C(O)O[C@H](CO)[C@@H](O)[C@@H]1O. The zero-order valence-electron chi connectivity index (χ0n) is 9.86. The van der Waals surface area contributed by atoms with Crippen LogP contribution in [0.1, 0.15) is 0 Å². The Balaban J connectivity index is 2.75. The number of nitrogens with one attached hydrogen (secondary N) is 2. The minimum atomic E-state index is -2.61. The van der Waals surface area contributed by atoms with Gasteiger partial charge in [0.25, 0.3) is 0 Å². The fourth-order valence-electron chi connectivity index (χ4n) is 1.63. The highest BCUT2D eigenvalue weighted by molar-refractivity contribution is 6.18. The van der Waals surface area contributed by atoms with Gasteiger partial charge in [0.1, 0.15) is 18.3 Å². The number of aliphatic hydroxyl groups excluding tert-OH is 4. The summed E-state index contributed by atoms with van der Waals surface area (Å²) in [5, 5.41) is 51.8. The molecule has 2 amide bonds. The Hall–Kier alpha value is -0.680. The van der Waals surface area contributed by atoms with Crippen LogP contribution >= 0.6 is 11.6 Å². The van der Waals surface area contributed by atoms with Gasteiger partial charge in [-0.2, -0.15) is 0 Å². The lowest BCUT2D eigenvalue weighted by Crippen LogP contribution is -2.74. The highest BCUT2D eigenvalue weighted by atomic mass is 35.5. The van der Waals surface area contributed by atoms with Gasteiger partial charge in [0.2, 0.25) is 12.0 Å². The van der Waals surface area contributed by atoms with E-state index in [1.807, 2.05) is 5.32 Å². The van der Waals surface area contributed by atoms with Gasteiger partial charge in [-0.3, -0.25) is 0 Å². The number of aliphatic hydroxyl groups is 5. The van der Waals surface area contributed by atoms with Crippen molar-refractivity contribution in [2.45, 2.75) is 30.3 Å². The van der Waals surface area contributed by atoms with Crippen LogP contribution in [0.25, 0.3) is 0 Å². The molecule has 1 unspecified atom stereocenters. The average Bonchev–Trinajstić information content (AvgIpc) is 2.38. The summed E-state index contributed by atoms with van der Waals surface area (Å²) in [6.07, 6.45) is -6.94. The molecular weight excluding hydrogens is 284 g/mol. The monoisotopic (exact) mass is 300 g/mol. The molecule has 112 valence electrons. The normalized spacial score (nSPS) is 38.8. The number of alkyl halides is 1. The van der Waals surface area contributed by atoms with E-state index >= 15 is 0 Å². The summed E-state index contributed by atoms with van der Waals surface area (Å²) in [5.41, 5.74) is -2.61. The van der Waals surface area contributed by atoms with Gasteiger partial charge in [-0.05, 0) is 0 Å². The molecule has 10 heteroatoms. The molecule has 1 fully saturated rings. The molecule has 1 aliphatic rings. The van der Waals surface area contributed by atoms with Crippen LogP contribution in [-0.4, -0.2) is 80.9 Å². The fourth-order valence-corrected chi connectivity index (χ4v) is 1.73. The Labute approximate surface area is 113 Å². The van der Waals surface area contributed by atoms with Crippen LogP contribution in [0.4, 0.5) is 4.79 Å². The third-order valence-corrected chi connectivity index (χ3v) is 2.90. The maximum absolute atomic E-state index is 11.4. The van der Waals surface area contributed by atoms with E-state index in [-0.39, 0.29) is 12.4 Å². The van der Waals surface area contributed by atoms with Crippen LogP contribution in [0.5, 0.6) is 0 Å². The van der Waals surface area contributed by atoms with E-state index in [9.17, 15) is 25.2 Å². The lowest BCUT2D eigenvalue weighted by molar-refractivity contribution is -0.334. The quantitative estimate of drug-likeness (QED) is 0.211. The van der Waals surface area contributed by atoms with E-state index in [2.05, 4.69) is 5.32 Å². The molecule has 0 aromatic carbocycles. The number of ether oxygens (including phenoxy) is 1. The van der Waals surface area contributed by atoms with Crippen molar-refractivity contribution in [2.75, 3.05) is 19.0 Å². The van der Waals surface area contributed by atoms with E-state index in [1.54, 1.807) is 0 Å². The van der Waals surface area contributed by atoms with Crippen molar-refractivity contribution in [1.82, 2.24) is 10.6 Å². The number of amides is 2. The smallest absolute Gasteiger partial charge is 0.317 e. The second-order valence-corrected chi connectivity index (χ2v) is 4.42. The molecule has 1 heterocycles. The first-order chi connectivity index (χ1) is 8.86. The molecule has 0 spiro atoms. The predicted molar refractivity (Wildman–Crippen MR) is 62.2 cm³/mol. The van der Waals surface area contributed by atoms with Crippen molar-refractivity contribution >= 4 is 17.6 Å². The van der Waals surface area contributed by atoms with Crippen molar-refractivity contribution in [3.8, 4) is 0 Å². The number of hydrogen-bond acceptors (Lipinski definition) is 7. The van der Waals surface area contributed by atoms with E-state index < -0.39 is 43.0 Å². The van der Waals surface area contributed by atoms with Gasteiger partial charge < -0.3 is 40.9 Å². The summed E-state index contributed by atoms with van der Waals surface area (Å²) >= 11 is 5.35. The second kappa shape index (κ2) is 6.66. The Morgan fingerprint density at radius 3 is 2.53 bits per heavy atom. The summed E-state index contributed by atoms with van der Waals surface area (Å²) in [6.45, 7) is -0.581. The maximum Gasteiger partial charge on any atom is 0.317 e. The number of rotatable bonds is 4. The lowest BCUT2D eigenvalue weighted by Gasteiger charge is -2.45. The summed E-state index contributed by atoms with van der Waals surface area (Å²) in [4.78, 5) is 11.4. The maximum atomic E-state index is 11.4. The first-order valence-electron chi connectivity index (χ1n) is 5.51. The van der Waals surface area contributed by atoms with Crippen LogP contribution in [0.3, 0.4) is 0 Å². The van der Waals surface area contributed by atoms with Crippen molar-refractivity contribution in [2.24, 2.45) is 0 Å². The second-order valence-electron chi connectivity index (χ2n) is 4.04. The molecule has 0 bridgehead atoms. The lowest BCUT2D eigenvalue weighted by atomic mass is 9.93. The molecule has 1 rings (SSSR count). The van der Waals surface area contributed by atoms with E-state index in [1.165, 1.54) is 0 Å². The van der Waals surface area contributed by atoms with Gasteiger partial charge >= 0.3 is 6.03 Å². The summed E-state index contributed by atoms with van der Waals surface area (Å²) < 4.78 is 4.72. The average molecular weight is 301 g/mol. The van der Waals surface area contributed by atoms with Crippen LogP contribution < -0.4 is 10.6 Å². The van der Waals surface area contributed by atoms with Gasteiger partial charge in [0.05, 0.1) is 6.61 Å². The molecule has 19 heavy (non-hydrogen) atoms. The third kappa shape index (κ3) is 3.45. The topological polar surface area (TPSA) is 152 Å². The standard InChI is InChI=1S/C9H17ClN2O7/c10-1-2-11-8(17)12-9(18)6(15)5(14)4(3-13)19-7(9)16/h4-7,13-16,18H,1-3H2,(H2,11,12,17)/t4-,5-,6+,7?,9-/m1/s1. The molecule has 1 aliphatic heterocycles. The van der Waals surface area contributed by atoms with E-state index in [4.69, 9.17) is 21.4 Å². The zero-order chi connectivity index (χ0) is 14.6. The highest BCUT2D eigenvalue weighted by Crippen LogP contribution is 2.26. The molecule has 0 aromatic heterocycles. The van der Waals surface area contributed by atoms with Crippen LogP contribution in [0, 0.1) is 0 Å². The Morgan fingerprint density at radius 2 is 2.00 bits per heavy atom. The highest BCUT2D eigenvalue weighted by Gasteiger charge is 2.55. The molecule has 0 radical (unpaired) electrons. The largest absolute Gasteiger partial charge is 0.394 e. The minimum absolute atomic E-state index is 0.0956. The fraction of sp³-hybridized carbons (Fsp3) is 0.889. The van der Waals surface area contributed by atoms with Crippen molar-refractivity contribution in [1.29, 1.82) is 0 Å². The Bertz CT molecular complexity index is 321. The van der Waals surface area contributed by atoms with Crippen molar-refractivity contribution in [3.05, 3.63) is 0 Å². The first-order valence-corrected chi connectivity index (χ1v) is 6.05. The van der Waals surface area contributed by atoms with Gasteiger partial charge in [-0.1, -0.05) is 0 Å². The molecule has 1 saturated heterocycles. The number of halogens is 1. The minimum Gasteiger partial charge on any atom is -0.394 e. The van der Waals surface area contributed by atoms with Crippen molar-refractivity contribution < 1.29 is 35.1 Å². The summed E-state index contributed by atoms with van der Waals surface area (Å²) in [7, 11) is 0. The van der Waals surface area contributed by atoms with E-state index in [0.29, 0.717) is 0 Å². The third-order valence-electron chi connectivity index (χ3n) is 2.71. The molecule has 7 N–H and O–H groups in total. The Kier molecular flexibility index (Phi) is 5.74. The van der Waals surface area contributed by atoms with E-state index in [0.717, 1.165) is 0 Å². The molecular formula is C9H17ClN2O7. The number of urea groups is 1. The van der Waals surface area contributed by atoms with Crippen LogP contribution in [0.2, 0.25) is 0 Å². The number of carbonyl (C=O) groups is 1. The predicted octanol–water partition coefficient (Wildman–Crippen LogP) is -3.36. The Morgan fingerprint density at radius 1 is 1.37 bits per heavy atom. The zero-order valence-corrected chi connectivity index (χ0v) is 10.6. The molecule has 9 nitrogen and oxygen atoms in total. The van der Waals surface area contributed by atoms with Gasteiger partial charge in [0.15, 0.2) is 0 Å². The molecule has 0 saturated carbocycles. The van der Waals surface area contributed by atoms with Crippen LogP contribution in [-0.2, 0) is 4.74 Å². The van der Waals surface area contributed by atoms with Gasteiger partial charge in [0, 0.05) is 12.4 Å².